The zero-order valence-corrected chi connectivity index (χ0v) is 12.7. The predicted octanol–water partition coefficient (Wildman–Crippen LogP) is 4.30. The summed E-state index contributed by atoms with van der Waals surface area (Å²) in [6.07, 6.45) is 0. The van der Waals surface area contributed by atoms with Gasteiger partial charge in [0.1, 0.15) is 11.8 Å². The molecular formula is C18H20N2O. The van der Waals surface area contributed by atoms with Crippen molar-refractivity contribution in [1.82, 2.24) is 0 Å². The summed E-state index contributed by atoms with van der Waals surface area (Å²) in [5, 5.41) is 12.4. The quantitative estimate of drug-likeness (QED) is 0.888. The number of nitrogens with zero attached hydrogens (tertiary/aromatic N) is 1. The van der Waals surface area contributed by atoms with Gasteiger partial charge in [-0.05, 0) is 41.3 Å². The molecule has 0 fully saturated rings. The van der Waals surface area contributed by atoms with Crippen LogP contribution in [0.25, 0.3) is 0 Å². The molecule has 2 aromatic rings. The van der Waals surface area contributed by atoms with Crippen LogP contribution in [-0.2, 0) is 6.54 Å². The number of methoxy groups -OCH3 is 1. The lowest BCUT2D eigenvalue weighted by atomic mass is 10.0. The Morgan fingerprint density at radius 3 is 2.43 bits per heavy atom. The Morgan fingerprint density at radius 1 is 1.14 bits per heavy atom. The normalized spacial score (nSPS) is 10.2. The molecule has 0 bridgehead atoms. The third-order valence-corrected chi connectivity index (χ3v) is 3.46. The highest BCUT2D eigenvalue weighted by molar-refractivity contribution is 5.48. The van der Waals surface area contributed by atoms with E-state index >= 15 is 0 Å². The molecule has 3 nitrogen and oxygen atoms in total. The third kappa shape index (κ3) is 3.76. The summed E-state index contributed by atoms with van der Waals surface area (Å²) < 4.78 is 5.22. The molecule has 0 saturated carbocycles. The lowest BCUT2D eigenvalue weighted by molar-refractivity contribution is 0.413. The number of hydrogen-bond donors (Lipinski definition) is 1. The summed E-state index contributed by atoms with van der Waals surface area (Å²) in [5.74, 6) is 1.16. The molecule has 3 heteroatoms. The van der Waals surface area contributed by atoms with Gasteiger partial charge < -0.3 is 10.1 Å². The van der Waals surface area contributed by atoms with Crippen molar-refractivity contribution in [3.05, 3.63) is 59.2 Å². The molecule has 0 saturated heterocycles. The van der Waals surface area contributed by atoms with Crippen molar-refractivity contribution in [2.24, 2.45) is 0 Å². The van der Waals surface area contributed by atoms with Crippen molar-refractivity contribution in [1.29, 1.82) is 5.26 Å². The van der Waals surface area contributed by atoms with Crippen LogP contribution in [0, 0.1) is 11.3 Å². The zero-order valence-electron chi connectivity index (χ0n) is 12.7. The number of rotatable bonds is 5. The van der Waals surface area contributed by atoms with E-state index in [0.717, 1.165) is 11.3 Å². The second-order valence-electron chi connectivity index (χ2n) is 5.28. The van der Waals surface area contributed by atoms with Crippen LogP contribution in [0.15, 0.2) is 42.5 Å². The van der Waals surface area contributed by atoms with Crippen LogP contribution in [0.3, 0.4) is 0 Å². The van der Waals surface area contributed by atoms with E-state index in [1.165, 1.54) is 5.56 Å². The highest BCUT2D eigenvalue weighted by Gasteiger charge is 2.04. The Bertz CT molecular complexity index is 639. The minimum atomic E-state index is 0.543. The molecule has 0 aliphatic heterocycles. The fourth-order valence-electron chi connectivity index (χ4n) is 2.13. The molecule has 0 heterocycles. The summed E-state index contributed by atoms with van der Waals surface area (Å²) in [6, 6.07) is 16.2. The van der Waals surface area contributed by atoms with Crippen molar-refractivity contribution < 1.29 is 4.74 Å². The van der Waals surface area contributed by atoms with E-state index in [1.807, 2.05) is 12.1 Å². The van der Waals surface area contributed by atoms with Gasteiger partial charge in [-0.15, -0.1) is 0 Å². The summed E-state index contributed by atoms with van der Waals surface area (Å²) in [4.78, 5) is 0. The Labute approximate surface area is 126 Å². The molecule has 21 heavy (non-hydrogen) atoms. The number of hydrogen-bond acceptors (Lipinski definition) is 3. The van der Waals surface area contributed by atoms with Crippen molar-refractivity contribution in [3.8, 4) is 11.8 Å². The molecule has 0 amide bonds. The van der Waals surface area contributed by atoms with Gasteiger partial charge in [-0.25, -0.2) is 0 Å². The van der Waals surface area contributed by atoms with E-state index < -0.39 is 0 Å². The Balaban J connectivity index is 2.04. The first-order valence-electron chi connectivity index (χ1n) is 7.05. The lowest BCUT2D eigenvalue weighted by Crippen LogP contribution is -2.00. The monoisotopic (exact) mass is 280 g/mol. The van der Waals surface area contributed by atoms with Gasteiger partial charge in [0.15, 0.2) is 0 Å². The molecule has 108 valence electrons. The second-order valence-corrected chi connectivity index (χ2v) is 5.28. The number of ether oxygens (including phenoxy) is 1. The molecule has 0 radical (unpaired) electrons. The molecule has 0 atom stereocenters. The van der Waals surface area contributed by atoms with Crippen LogP contribution >= 0.6 is 0 Å². The maximum Gasteiger partial charge on any atom is 0.136 e. The fourth-order valence-corrected chi connectivity index (χ4v) is 2.13. The fraction of sp³-hybridized carbons (Fsp3) is 0.278. The van der Waals surface area contributed by atoms with Gasteiger partial charge in [-0.1, -0.05) is 32.0 Å². The van der Waals surface area contributed by atoms with Gasteiger partial charge in [0.2, 0.25) is 0 Å². The van der Waals surface area contributed by atoms with Crippen molar-refractivity contribution in [2.45, 2.75) is 26.3 Å². The number of nitriles is 1. The summed E-state index contributed by atoms with van der Waals surface area (Å²) in [6.45, 7) is 5.07. The Morgan fingerprint density at radius 2 is 1.86 bits per heavy atom. The van der Waals surface area contributed by atoms with Gasteiger partial charge in [-0.3, -0.25) is 0 Å². The van der Waals surface area contributed by atoms with Crippen molar-refractivity contribution >= 4 is 5.69 Å². The summed E-state index contributed by atoms with van der Waals surface area (Å²) in [7, 11) is 1.58. The molecular weight excluding hydrogens is 260 g/mol. The van der Waals surface area contributed by atoms with E-state index in [-0.39, 0.29) is 0 Å². The highest BCUT2D eigenvalue weighted by atomic mass is 16.5. The first kappa shape index (κ1) is 14.9. The maximum atomic E-state index is 8.97. The average molecular weight is 280 g/mol. The predicted molar refractivity (Wildman–Crippen MR) is 85.6 cm³/mol. The number of nitrogens with one attached hydrogen (secondary N) is 1. The average Bonchev–Trinajstić information content (AvgIpc) is 2.52. The topological polar surface area (TPSA) is 45.0 Å². The molecule has 1 N–H and O–H groups in total. The molecule has 2 aromatic carbocycles. The van der Waals surface area contributed by atoms with E-state index in [2.05, 4.69) is 49.5 Å². The molecule has 0 aromatic heterocycles. The minimum Gasteiger partial charge on any atom is -0.495 e. The summed E-state index contributed by atoms with van der Waals surface area (Å²) in [5.41, 5.74) is 4.06. The number of anilines is 1. The van der Waals surface area contributed by atoms with Crippen LogP contribution in [0.1, 0.15) is 36.5 Å². The van der Waals surface area contributed by atoms with Crippen LogP contribution in [0.2, 0.25) is 0 Å². The molecule has 0 unspecified atom stereocenters. The smallest absolute Gasteiger partial charge is 0.136 e. The molecule has 0 spiro atoms. The molecule has 2 rings (SSSR count). The first-order valence-corrected chi connectivity index (χ1v) is 7.05. The van der Waals surface area contributed by atoms with Crippen LogP contribution in [0.5, 0.6) is 5.75 Å². The van der Waals surface area contributed by atoms with Gasteiger partial charge in [-0.2, -0.15) is 5.26 Å². The van der Waals surface area contributed by atoms with Gasteiger partial charge in [0.05, 0.1) is 12.7 Å². The Hall–Kier alpha value is -2.47. The van der Waals surface area contributed by atoms with E-state index in [0.29, 0.717) is 23.8 Å². The van der Waals surface area contributed by atoms with Gasteiger partial charge in [0, 0.05) is 12.2 Å². The summed E-state index contributed by atoms with van der Waals surface area (Å²) >= 11 is 0. The molecule has 0 aliphatic carbocycles. The van der Waals surface area contributed by atoms with E-state index in [4.69, 9.17) is 10.00 Å². The SMILES string of the molecule is COc1cc(CNc2ccc(C(C)C)cc2)ccc1C#N. The Kier molecular flexibility index (Phi) is 4.84. The van der Waals surface area contributed by atoms with E-state index in [9.17, 15) is 0 Å². The second kappa shape index (κ2) is 6.81. The largest absolute Gasteiger partial charge is 0.495 e. The highest BCUT2D eigenvalue weighted by Crippen LogP contribution is 2.21. The minimum absolute atomic E-state index is 0.543. The molecule has 0 aliphatic rings. The van der Waals surface area contributed by atoms with Crippen molar-refractivity contribution in [2.75, 3.05) is 12.4 Å². The maximum absolute atomic E-state index is 8.97. The van der Waals surface area contributed by atoms with E-state index in [1.54, 1.807) is 13.2 Å². The lowest BCUT2D eigenvalue weighted by Gasteiger charge is -2.10. The van der Waals surface area contributed by atoms with Crippen LogP contribution in [0.4, 0.5) is 5.69 Å². The van der Waals surface area contributed by atoms with Gasteiger partial charge >= 0.3 is 0 Å². The van der Waals surface area contributed by atoms with Crippen LogP contribution in [-0.4, -0.2) is 7.11 Å². The third-order valence-electron chi connectivity index (χ3n) is 3.46. The first-order chi connectivity index (χ1) is 10.1. The van der Waals surface area contributed by atoms with Gasteiger partial charge in [0.25, 0.3) is 0 Å². The zero-order chi connectivity index (χ0) is 15.2. The number of benzene rings is 2. The van der Waals surface area contributed by atoms with Crippen molar-refractivity contribution in [3.63, 3.8) is 0 Å². The standard InChI is InChI=1S/C18H20N2O/c1-13(2)15-6-8-17(9-7-15)20-12-14-4-5-16(11-19)18(10-14)21-3/h4-10,13,20H,12H2,1-3H3. The van der Waals surface area contributed by atoms with Crippen LogP contribution < -0.4 is 10.1 Å².